The van der Waals surface area contributed by atoms with Gasteiger partial charge < -0.3 is 19.5 Å². The van der Waals surface area contributed by atoms with Gasteiger partial charge in [0.2, 0.25) is 0 Å². The zero-order valence-corrected chi connectivity index (χ0v) is 14.1. The number of hydrogen-bond donors (Lipinski definition) is 1. The third-order valence-electron chi connectivity index (χ3n) is 3.25. The van der Waals surface area contributed by atoms with E-state index in [1.54, 1.807) is 0 Å². The summed E-state index contributed by atoms with van der Waals surface area (Å²) in [4.78, 5) is 18.0. The summed E-state index contributed by atoms with van der Waals surface area (Å²) in [6.07, 6.45) is 3.15. The third-order valence-corrected chi connectivity index (χ3v) is 3.25. The van der Waals surface area contributed by atoms with Crippen molar-refractivity contribution in [2.75, 3.05) is 26.7 Å². The molecule has 0 aromatic carbocycles. The van der Waals surface area contributed by atoms with Crippen LogP contribution in [0.15, 0.2) is 23.3 Å². The molecule has 22 heavy (non-hydrogen) atoms. The number of aromatic nitrogens is 1. The summed E-state index contributed by atoms with van der Waals surface area (Å²) in [5.41, 5.74) is 1.22. The number of guanidine groups is 1. The molecule has 1 N–H and O–H groups in total. The van der Waals surface area contributed by atoms with Gasteiger partial charge >= 0.3 is 5.97 Å². The highest BCUT2D eigenvalue weighted by Crippen LogP contribution is 2.04. The van der Waals surface area contributed by atoms with Crippen LogP contribution in [0.25, 0.3) is 0 Å². The van der Waals surface area contributed by atoms with E-state index in [4.69, 9.17) is 4.74 Å². The number of aliphatic imine (C=N–C) groups is 1. The maximum absolute atomic E-state index is 11.3. The summed E-state index contributed by atoms with van der Waals surface area (Å²) in [5.74, 6) is 0.701. The first-order valence-electron chi connectivity index (χ1n) is 7.83. The molecular weight excluding hydrogens is 280 g/mol. The van der Waals surface area contributed by atoms with E-state index in [1.807, 2.05) is 40.2 Å². The van der Waals surface area contributed by atoms with Gasteiger partial charge in [0, 0.05) is 45.5 Å². The van der Waals surface area contributed by atoms with Gasteiger partial charge in [-0.05, 0) is 32.4 Å². The molecule has 0 fully saturated rings. The molecule has 124 valence electrons. The van der Waals surface area contributed by atoms with Crippen LogP contribution in [0, 0.1) is 0 Å². The number of carbonyl (C=O) groups is 1. The fraction of sp³-hybridized carbons (Fsp3) is 0.625. The molecule has 0 amide bonds. The highest BCUT2D eigenvalue weighted by Gasteiger charge is 2.08. The van der Waals surface area contributed by atoms with E-state index in [0.29, 0.717) is 26.0 Å². The zero-order chi connectivity index (χ0) is 16.4. The van der Waals surface area contributed by atoms with Crippen LogP contribution in [-0.4, -0.2) is 48.1 Å². The average molecular weight is 308 g/mol. The number of rotatable bonds is 8. The van der Waals surface area contributed by atoms with Gasteiger partial charge in [0.15, 0.2) is 5.96 Å². The van der Waals surface area contributed by atoms with Gasteiger partial charge in [0.05, 0.1) is 13.2 Å². The smallest absolute Gasteiger partial charge is 0.305 e. The molecule has 0 bridgehead atoms. The van der Waals surface area contributed by atoms with E-state index in [0.717, 1.165) is 19.0 Å². The van der Waals surface area contributed by atoms with E-state index in [-0.39, 0.29) is 5.97 Å². The monoisotopic (exact) mass is 308 g/mol. The van der Waals surface area contributed by atoms with Crippen molar-refractivity contribution >= 4 is 11.9 Å². The van der Waals surface area contributed by atoms with Crippen LogP contribution in [0.3, 0.4) is 0 Å². The molecule has 0 aliphatic heterocycles. The first kappa shape index (κ1) is 18.1. The van der Waals surface area contributed by atoms with Crippen LogP contribution < -0.4 is 5.32 Å². The minimum Gasteiger partial charge on any atom is -0.466 e. The lowest BCUT2D eigenvalue weighted by molar-refractivity contribution is -0.143. The standard InChI is InChI=1S/C16H28N4O2/c1-5-17-16(18-11-7-10-15(21)22-6-2)20(4)13-14-9-8-12-19(14)3/h8-9,12H,5-7,10-11,13H2,1-4H3,(H,17,18). The zero-order valence-electron chi connectivity index (χ0n) is 14.1. The first-order chi connectivity index (χ1) is 10.6. The normalized spacial score (nSPS) is 11.4. The molecule has 1 heterocycles. The Labute approximate surface area is 133 Å². The molecule has 6 nitrogen and oxygen atoms in total. The Hall–Kier alpha value is -1.98. The van der Waals surface area contributed by atoms with E-state index >= 15 is 0 Å². The van der Waals surface area contributed by atoms with Crippen molar-refractivity contribution in [2.24, 2.45) is 12.0 Å². The van der Waals surface area contributed by atoms with Crippen molar-refractivity contribution in [3.8, 4) is 0 Å². The number of nitrogens with zero attached hydrogens (tertiary/aromatic N) is 3. The van der Waals surface area contributed by atoms with Gasteiger partial charge in [0.1, 0.15) is 0 Å². The highest BCUT2D eigenvalue weighted by molar-refractivity contribution is 5.79. The summed E-state index contributed by atoms with van der Waals surface area (Å²) in [6.45, 7) is 6.51. The Balaban J connectivity index is 2.50. The minimum atomic E-state index is -0.153. The Morgan fingerprint density at radius 2 is 2.23 bits per heavy atom. The largest absolute Gasteiger partial charge is 0.466 e. The first-order valence-corrected chi connectivity index (χ1v) is 7.83. The molecule has 0 spiro atoms. The van der Waals surface area contributed by atoms with Crippen molar-refractivity contribution in [2.45, 2.75) is 33.2 Å². The van der Waals surface area contributed by atoms with E-state index in [2.05, 4.69) is 25.8 Å². The quantitative estimate of drug-likeness (QED) is 0.344. The van der Waals surface area contributed by atoms with Crippen LogP contribution in [0.2, 0.25) is 0 Å². The molecule has 1 aromatic heterocycles. The fourth-order valence-corrected chi connectivity index (χ4v) is 2.09. The second-order valence-electron chi connectivity index (χ2n) is 5.11. The molecule has 0 saturated carbocycles. The van der Waals surface area contributed by atoms with Crippen molar-refractivity contribution < 1.29 is 9.53 Å². The molecule has 0 aliphatic carbocycles. The summed E-state index contributed by atoms with van der Waals surface area (Å²) < 4.78 is 7.01. The molecule has 0 saturated heterocycles. The van der Waals surface area contributed by atoms with Gasteiger partial charge in [-0.3, -0.25) is 9.79 Å². The van der Waals surface area contributed by atoms with E-state index < -0.39 is 0 Å². The lowest BCUT2D eigenvalue weighted by Crippen LogP contribution is -2.38. The summed E-state index contributed by atoms with van der Waals surface area (Å²) in [6, 6.07) is 4.13. The van der Waals surface area contributed by atoms with Gasteiger partial charge in [-0.1, -0.05) is 0 Å². The number of nitrogens with one attached hydrogen (secondary N) is 1. The fourth-order valence-electron chi connectivity index (χ4n) is 2.09. The Kier molecular flexibility index (Phi) is 8.10. The van der Waals surface area contributed by atoms with Crippen LogP contribution in [0.5, 0.6) is 0 Å². The second-order valence-corrected chi connectivity index (χ2v) is 5.11. The topological polar surface area (TPSA) is 58.9 Å². The third kappa shape index (κ3) is 6.20. The van der Waals surface area contributed by atoms with Gasteiger partial charge in [-0.25, -0.2) is 0 Å². The minimum absolute atomic E-state index is 0.153. The SMILES string of the molecule is CCNC(=NCCCC(=O)OCC)N(C)Cc1cccn1C. The van der Waals surface area contributed by atoms with Crippen LogP contribution >= 0.6 is 0 Å². The number of aryl methyl sites for hydroxylation is 1. The highest BCUT2D eigenvalue weighted by atomic mass is 16.5. The molecule has 0 radical (unpaired) electrons. The van der Waals surface area contributed by atoms with Crippen molar-refractivity contribution in [1.29, 1.82) is 0 Å². The molecule has 0 unspecified atom stereocenters. The number of carbonyl (C=O) groups excluding carboxylic acids is 1. The van der Waals surface area contributed by atoms with Crippen LogP contribution in [0.4, 0.5) is 0 Å². The van der Waals surface area contributed by atoms with Crippen molar-refractivity contribution in [3.63, 3.8) is 0 Å². The maximum Gasteiger partial charge on any atom is 0.305 e. The number of ether oxygens (including phenoxy) is 1. The van der Waals surface area contributed by atoms with Crippen LogP contribution in [0.1, 0.15) is 32.4 Å². The lowest BCUT2D eigenvalue weighted by Gasteiger charge is -2.22. The second kappa shape index (κ2) is 9.87. The van der Waals surface area contributed by atoms with Crippen molar-refractivity contribution in [3.05, 3.63) is 24.0 Å². The van der Waals surface area contributed by atoms with E-state index in [9.17, 15) is 4.79 Å². The van der Waals surface area contributed by atoms with Gasteiger partial charge in [-0.2, -0.15) is 0 Å². The summed E-state index contributed by atoms with van der Waals surface area (Å²) >= 11 is 0. The Bertz CT molecular complexity index is 482. The van der Waals surface area contributed by atoms with Gasteiger partial charge in [-0.15, -0.1) is 0 Å². The van der Waals surface area contributed by atoms with Gasteiger partial charge in [0.25, 0.3) is 0 Å². The number of hydrogen-bond acceptors (Lipinski definition) is 3. The Morgan fingerprint density at radius 1 is 1.45 bits per heavy atom. The predicted molar refractivity (Wildman–Crippen MR) is 88.7 cm³/mol. The summed E-state index contributed by atoms with van der Waals surface area (Å²) in [7, 11) is 4.05. The average Bonchev–Trinajstić information content (AvgIpc) is 2.88. The molecular formula is C16H28N4O2. The maximum atomic E-state index is 11.3. The Morgan fingerprint density at radius 3 is 2.82 bits per heavy atom. The number of esters is 1. The van der Waals surface area contributed by atoms with Crippen molar-refractivity contribution in [1.82, 2.24) is 14.8 Å². The van der Waals surface area contributed by atoms with Crippen LogP contribution in [-0.2, 0) is 23.1 Å². The lowest BCUT2D eigenvalue weighted by atomic mass is 10.3. The molecule has 0 aliphatic rings. The molecule has 0 atom stereocenters. The molecule has 6 heteroatoms. The molecule has 1 rings (SSSR count). The summed E-state index contributed by atoms with van der Waals surface area (Å²) in [5, 5.41) is 3.28. The van der Waals surface area contributed by atoms with E-state index in [1.165, 1.54) is 5.69 Å². The predicted octanol–water partition coefficient (Wildman–Crippen LogP) is 1.77. The molecule has 1 aromatic rings.